The second-order valence-corrected chi connectivity index (χ2v) is 7.44. The van der Waals surface area contributed by atoms with Crippen molar-refractivity contribution in [2.75, 3.05) is 26.2 Å². The van der Waals surface area contributed by atoms with Crippen LogP contribution in [0.15, 0.2) is 8.94 Å². The zero-order chi connectivity index (χ0) is 17.4. The number of hydrogen-bond acceptors (Lipinski definition) is 8. The van der Waals surface area contributed by atoms with Crippen LogP contribution in [0.2, 0.25) is 0 Å². The van der Waals surface area contributed by atoms with Crippen molar-refractivity contribution in [1.29, 1.82) is 0 Å². The van der Waals surface area contributed by atoms with E-state index in [-0.39, 0.29) is 12.0 Å². The molecule has 1 aliphatic heterocycles. The highest BCUT2D eigenvalue weighted by molar-refractivity contribution is 5.05. The molecule has 2 aromatic heterocycles. The molecule has 2 fully saturated rings. The van der Waals surface area contributed by atoms with Crippen molar-refractivity contribution in [2.24, 2.45) is 0 Å². The number of nitrogens with zero attached hydrogens (tertiary/aromatic N) is 6. The Balaban J connectivity index is 1.29. The Morgan fingerprint density at radius 3 is 2.44 bits per heavy atom. The highest BCUT2D eigenvalue weighted by Gasteiger charge is 2.31. The van der Waals surface area contributed by atoms with Crippen molar-refractivity contribution >= 4 is 0 Å². The molecule has 0 aromatic carbocycles. The fourth-order valence-electron chi connectivity index (χ4n) is 3.14. The summed E-state index contributed by atoms with van der Waals surface area (Å²) in [7, 11) is 0. The first-order valence-electron chi connectivity index (χ1n) is 9.22. The second-order valence-electron chi connectivity index (χ2n) is 7.44. The van der Waals surface area contributed by atoms with Crippen LogP contribution in [0.1, 0.15) is 75.0 Å². The standard InChI is InChI=1S/C17H26N6O2/c1-11(2)16-20-19-14(24-16)10-22-6-8-23(9-7-22)12(3)17-18-15(21-25-17)13-4-5-13/h11-13H,4-10H2,1-3H3/t12-/m0/s1. The fourth-order valence-corrected chi connectivity index (χ4v) is 3.14. The Labute approximate surface area is 147 Å². The molecular formula is C17H26N6O2. The van der Waals surface area contributed by atoms with Gasteiger partial charge in [0.1, 0.15) is 0 Å². The smallest absolute Gasteiger partial charge is 0.243 e. The average Bonchev–Trinajstić information content (AvgIpc) is 3.16. The minimum Gasteiger partial charge on any atom is -0.424 e. The predicted molar refractivity (Wildman–Crippen MR) is 89.9 cm³/mol. The van der Waals surface area contributed by atoms with Gasteiger partial charge in [0.2, 0.25) is 17.7 Å². The lowest BCUT2D eigenvalue weighted by Gasteiger charge is -2.36. The van der Waals surface area contributed by atoms with E-state index >= 15 is 0 Å². The molecule has 25 heavy (non-hydrogen) atoms. The third-order valence-electron chi connectivity index (χ3n) is 5.05. The Morgan fingerprint density at radius 1 is 1.04 bits per heavy atom. The summed E-state index contributed by atoms with van der Waals surface area (Å²) in [6.07, 6.45) is 2.39. The number of hydrogen-bond donors (Lipinski definition) is 0. The molecule has 0 spiro atoms. The van der Waals surface area contributed by atoms with Crippen molar-refractivity contribution in [3.8, 4) is 0 Å². The van der Waals surface area contributed by atoms with Crippen LogP contribution in [-0.2, 0) is 6.54 Å². The summed E-state index contributed by atoms with van der Waals surface area (Å²) in [5.41, 5.74) is 0. The molecule has 1 saturated carbocycles. The van der Waals surface area contributed by atoms with Gasteiger partial charge in [-0.1, -0.05) is 19.0 Å². The van der Waals surface area contributed by atoms with Gasteiger partial charge in [0.15, 0.2) is 5.82 Å². The van der Waals surface area contributed by atoms with Gasteiger partial charge in [-0.2, -0.15) is 4.98 Å². The maximum absolute atomic E-state index is 5.71. The average molecular weight is 346 g/mol. The zero-order valence-corrected chi connectivity index (χ0v) is 15.2. The molecule has 0 unspecified atom stereocenters. The van der Waals surface area contributed by atoms with Crippen LogP contribution in [0.4, 0.5) is 0 Å². The summed E-state index contributed by atoms with van der Waals surface area (Å²) in [5.74, 6) is 3.86. The van der Waals surface area contributed by atoms with Crippen molar-refractivity contribution < 1.29 is 8.94 Å². The van der Waals surface area contributed by atoms with E-state index in [0.29, 0.717) is 24.2 Å². The monoisotopic (exact) mass is 346 g/mol. The van der Waals surface area contributed by atoms with Crippen molar-refractivity contribution in [1.82, 2.24) is 30.1 Å². The van der Waals surface area contributed by atoms with E-state index in [0.717, 1.165) is 37.9 Å². The van der Waals surface area contributed by atoms with Gasteiger partial charge in [-0.25, -0.2) is 0 Å². The lowest BCUT2D eigenvalue weighted by atomic mass is 10.2. The lowest BCUT2D eigenvalue weighted by Crippen LogP contribution is -2.46. The van der Waals surface area contributed by atoms with Crippen molar-refractivity contribution in [2.45, 2.75) is 58.0 Å². The molecule has 0 N–H and O–H groups in total. The topological polar surface area (TPSA) is 84.3 Å². The molecule has 8 nitrogen and oxygen atoms in total. The third-order valence-corrected chi connectivity index (χ3v) is 5.05. The van der Waals surface area contributed by atoms with E-state index in [9.17, 15) is 0 Å². The van der Waals surface area contributed by atoms with Crippen molar-refractivity contribution in [3.63, 3.8) is 0 Å². The zero-order valence-electron chi connectivity index (χ0n) is 15.2. The summed E-state index contributed by atoms with van der Waals surface area (Å²) >= 11 is 0. The highest BCUT2D eigenvalue weighted by atomic mass is 16.5. The minimum atomic E-state index is 0.165. The summed E-state index contributed by atoms with van der Waals surface area (Å²) in [6.45, 7) is 10.8. The van der Waals surface area contributed by atoms with Crippen LogP contribution in [0.25, 0.3) is 0 Å². The molecule has 0 amide bonds. The normalized spacial score (nSPS) is 21.1. The van der Waals surface area contributed by atoms with E-state index < -0.39 is 0 Å². The molecule has 0 bridgehead atoms. The molecule has 1 atom stereocenters. The van der Waals surface area contributed by atoms with Crippen LogP contribution >= 0.6 is 0 Å². The summed E-state index contributed by atoms with van der Waals surface area (Å²) in [4.78, 5) is 9.34. The first-order valence-corrected chi connectivity index (χ1v) is 9.22. The Hall–Kier alpha value is -1.80. The van der Waals surface area contributed by atoms with Gasteiger partial charge >= 0.3 is 0 Å². The summed E-state index contributed by atoms with van der Waals surface area (Å²) in [5, 5.41) is 12.4. The van der Waals surface area contributed by atoms with Gasteiger partial charge in [0, 0.05) is 38.0 Å². The van der Waals surface area contributed by atoms with Gasteiger partial charge in [-0.15, -0.1) is 10.2 Å². The summed E-state index contributed by atoms with van der Waals surface area (Å²) < 4.78 is 11.2. The van der Waals surface area contributed by atoms with Crippen LogP contribution in [0, 0.1) is 0 Å². The molecule has 8 heteroatoms. The van der Waals surface area contributed by atoms with E-state index in [1.807, 2.05) is 0 Å². The van der Waals surface area contributed by atoms with Crippen LogP contribution in [-0.4, -0.2) is 56.3 Å². The van der Waals surface area contributed by atoms with E-state index in [1.165, 1.54) is 12.8 Å². The molecule has 136 valence electrons. The second kappa shape index (κ2) is 6.84. The molecule has 2 aromatic rings. The van der Waals surface area contributed by atoms with E-state index in [4.69, 9.17) is 8.94 Å². The minimum absolute atomic E-state index is 0.165. The number of rotatable bonds is 6. The first kappa shape index (κ1) is 16.7. The Kier molecular flexibility index (Phi) is 4.56. The molecule has 3 heterocycles. The van der Waals surface area contributed by atoms with Crippen LogP contribution < -0.4 is 0 Å². The van der Waals surface area contributed by atoms with Crippen LogP contribution in [0.5, 0.6) is 0 Å². The molecule has 0 radical (unpaired) electrons. The molecule has 2 aliphatic rings. The summed E-state index contributed by atoms with van der Waals surface area (Å²) in [6, 6.07) is 0.165. The maximum Gasteiger partial charge on any atom is 0.243 e. The molecule has 4 rings (SSSR count). The van der Waals surface area contributed by atoms with Gasteiger partial charge in [0.05, 0.1) is 12.6 Å². The van der Waals surface area contributed by atoms with Crippen LogP contribution in [0.3, 0.4) is 0 Å². The molecular weight excluding hydrogens is 320 g/mol. The molecule has 1 aliphatic carbocycles. The SMILES string of the molecule is CC(C)c1nnc(CN2CCN([C@@H](C)c3nc(C4CC4)no3)CC2)o1. The maximum atomic E-state index is 5.71. The number of aromatic nitrogens is 4. The largest absolute Gasteiger partial charge is 0.424 e. The third kappa shape index (κ3) is 3.74. The lowest BCUT2D eigenvalue weighted by molar-refractivity contribution is 0.0795. The van der Waals surface area contributed by atoms with Gasteiger partial charge < -0.3 is 8.94 Å². The highest BCUT2D eigenvalue weighted by Crippen LogP contribution is 2.38. The van der Waals surface area contributed by atoms with E-state index in [1.54, 1.807) is 0 Å². The van der Waals surface area contributed by atoms with E-state index in [2.05, 4.69) is 50.9 Å². The van der Waals surface area contributed by atoms with Gasteiger partial charge in [-0.3, -0.25) is 9.80 Å². The molecule has 1 saturated heterocycles. The predicted octanol–water partition coefficient (Wildman–Crippen LogP) is 2.33. The fraction of sp³-hybridized carbons (Fsp3) is 0.765. The quantitative estimate of drug-likeness (QED) is 0.788. The van der Waals surface area contributed by atoms with Gasteiger partial charge in [-0.05, 0) is 19.8 Å². The number of piperazine rings is 1. The first-order chi connectivity index (χ1) is 12.1. The Bertz CT molecular complexity index is 700. The van der Waals surface area contributed by atoms with Crippen molar-refractivity contribution in [3.05, 3.63) is 23.5 Å². The van der Waals surface area contributed by atoms with Gasteiger partial charge in [0.25, 0.3) is 0 Å². The Morgan fingerprint density at radius 2 is 1.80 bits per heavy atom.